The zero-order chi connectivity index (χ0) is 20.4. The second-order valence-corrected chi connectivity index (χ2v) is 7.95. The number of aryl methyl sites for hydroxylation is 1. The molecule has 1 amide bonds. The van der Waals surface area contributed by atoms with Gasteiger partial charge >= 0.3 is 0 Å². The molecule has 0 aliphatic carbocycles. The van der Waals surface area contributed by atoms with Crippen LogP contribution in [0, 0.1) is 6.92 Å². The Balaban J connectivity index is 1.51. The maximum absolute atomic E-state index is 13.1. The first-order valence-corrected chi connectivity index (χ1v) is 10.2. The fraction of sp³-hybridized carbons (Fsp3) is 0.500. The molecule has 154 valence electrons. The fourth-order valence-electron chi connectivity index (χ4n) is 3.99. The molecule has 1 aromatic heterocycles. The SMILES string of the molecule is Cc1nc(Nc2ccccc2C(C)C)cc(C(=O)N2CCC3(CC2)OCCO3)n1. The zero-order valence-corrected chi connectivity index (χ0v) is 17.3. The number of likely N-dealkylation sites (tertiary alicyclic amines) is 1. The molecule has 2 aliphatic heterocycles. The monoisotopic (exact) mass is 396 g/mol. The van der Waals surface area contributed by atoms with Crippen LogP contribution in [0.2, 0.25) is 0 Å². The van der Waals surface area contributed by atoms with Gasteiger partial charge in [-0.1, -0.05) is 32.0 Å². The van der Waals surface area contributed by atoms with Crippen LogP contribution in [0.5, 0.6) is 0 Å². The van der Waals surface area contributed by atoms with Crippen LogP contribution in [0.1, 0.15) is 54.5 Å². The second kappa shape index (κ2) is 8.08. The lowest BCUT2D eigenvalue weighted by atomic mass is 10.0. The highest BCUT2D eigenvalue weighted by Gasteiger charge is 2.41. The molecule has 0 bridgehead atoms. The first-order valence-electron chi connectivity index (χ1n) is 10.2. The molecule has 2 saturated heterocycles. The molecule has 2 aromatic rings. The molecule has 1 spiro atoms. The van der Waals surface area contributed by atoms with Crippen LogP contribution in [0.4, 0.5) is 11.5 Å². The summed E-state index contributed by atoms with van der Waals surface area (Å²) in [5.74, 6) is 0.999. The lowest BCUT2D eigenvalue weighted by molar-refractivity contribution is -0.181. The lowest BCUT2D eigenvalue weighted by Gasteiger charge is -2.37. The Morgan fingerprint density at radius 1 is 1.14 bits per heavy atom. The number of hydrogen-bond acceptors (Lipinski definition) is 6. The third-order valence-corrected chi connectivity index (χ3v) is 5.53. The van der Waals surface area contributed by atoms with Gasteiger partial charge in [0, 0.05) is 37.7 Å². The molecule has 0 atom stereocenters. The molecule has 1 N–H and O–H groups in total. The Kier molecular flexibility index (Phi) is 5.52. The molecule has 0 saturated carbocycles. The minimum atomic E-state index is -0.494. The van der Waals surface area contributed by atoms with Crippen LogP contribution in [-0.2, 0) is 9.47 Å². The van der Waals surface area contributed by atoms with E-state index in [9.17, 15) is 4.79 Å². The number of rotatable bonds is 4. The number of carbonyl (C=O) groups is 1. The van der Waals surface area contributed by atoms with E-state index in [4.69, 9.17) is 9.47 Å². The summed E-state index contributed by atoms with van der Waals surface area (Å²) in [5, 5.41) is 3.37. The predicted octanol–water partition coefficient (Wildman–Crippen LogP) is 3.63. The van der Waals surface area contributed by atoms with E-state index < -0.39 is 5.79 Å². The van der Waals surface area contributed by atoms with Crippen LogP contribution >= 0.6 is 0 Å². The standard InChI is InChI=1S/C22H28N4O3/c1-15(2)17-6-4-5-7-18(17)25-20-14-19(23-16(3)24-20)21(27)26-10-8-22(9-11-26)28-12-13-29-22/h4-7,14-15H,8-13H2,1-3H3,(H,23,24,25). The van der Waals surface area contributed by atoms with Gasteiger partial charge in [0.05, 0.1) is 13.2 Å². The number of amides is 1. The van der Waals surface area contributed by atoms with Crippen LogP contribution in [0.15, 0.2) is 30.3 Å². The van der Waals surface area contributed by atoms with Gasteiger partial charge in [0.1, 0.15) is 17.3 Å². The summed E-state index contributed by atoms with van der Waals surface area (Å²) < 4.78 is 11.5. The van der Waals surface area contributed by atoms with Gasteiger partial charge in [-0.15, -0.1) is 0 Å². The summed E-state index contributed by atoms with van der Waals surface area (Å²) in [7, 11) is 0. The van der Waals surface area contributed by atoms with Gasteiger partial charge < -0.3 is 19.7 Å². The molecule has 1 aromatic carbocycles. The van der Waals surface area contributed by atoms with E-state index in [1.807, 2.05) is 30.0 Å². The topological polar surface area (TPSA) is 76.6 Å². The van der Waals surface area contributed by atoms with Gasteiger partial charge in [0.25, 0.3) is 5.91 Å². The summed E-state index contributed by atoms with van der Waals surface area (Å²) in [6, 6.07) is 9.88. The van der Waals surface area contributed by atoms with E-state index in [-0.39, 0.29) is 5.91 Å². The highest BCUT2D eigenvalue weighted by molar-refractivity contribution is 5.93. The van der Waals surface area contributed by atoms with Crippen LogP contribution in [0.25, 0.3) is 0 Å². The molecule has 3 heterocycles. The van der Waals surface area contributed by atoms with Gasteiger partial charge in [-0.3, -0.25) is 4.79 Å². The smallest absolute Gasteiger partial charge is 0.272 e. The number of para-hydroxylation sites is 1. The number of piperidine rings is 1. The van der Waals surface area contributed by atoms with E-state index in [2.05, 4.69) is 35.2 Å². The molecule has 2 fully saturated rings. The molecule has 0 radical (unpaired) electrons. The van der Waals surface area contributed by atoms with Gasteiger partial charge in [0.2, 0.25) is 0 Å². The zero-order valence-electron chi connectivity index (χ0n) is 17.3. The van der Waals surface area contributed by atoms with Crippen molar-refractivity contribution in [2.24, 2.45) is 0 Å². The van der Waals surface area contributed by atoms with Gasteiger partial charge in [-0.25, -0.2) is 9.97 Å². The maximum atomic E-state index is 13.1. The van der Waals surface area contributed by atoms with Crippen molar-refractivity contribution in [2.75, 3.05) is 31.6 Å². The van der Waals surface area contributed by atoms with Crippen LogP contribution in [-0.4, -0.2) is 52.9 Å². The summed E-state index contributed by atoms with van der Waals surface area (Å²) in [6.45, 7) is 8.57. The Morgan fingerprint density at radius 3 is 2.52 bits per heavy atom. The largest absolute Gasteiger partial charge is 0.347 e. The van der Waals surface area contributed by atoms with Crippen molar-refractivity contribution in [2.45, 2.75) is 45.3 Å². The minimum Gasteiger partial charge on any atom is -0.347 e. The molecular weight excluding hydrogens is 368 g/mol. The van der Waals surface area contributed by atoms with E-state index in [0.717, 1.165) is 5.69 Å². The second-order valence-electron chi connectivity index (χ2n) is 7.95. The third-order valence-electron chi connectivity index (χ3n) is 5.53. The number of benzene rings is 1. The first-order chi connectivity index (χ1) is 14.0. The van der Waals surface area contributed by atoms with Crippen LogP contribution < -0.4 is 5.32 Å². The van der Waals surface area contributed by atoms with E-state index in [1.165, 1.54) is 5.56 Å². The number of hydrogen-bond donors (Lipinski definition) is 1. The fourth-order valence-corrected chi connectivity index (χ4v) is 3.99. The highest BCUT2D eigenvalue weighted by atomic mass is 16.7. The molecule has 4 rings (SSSR count). The van der Waals surface area contributed by atoms with Crippen molar-refractivity contribution < 1.29 is 14.3 Å². The van der Waals surface area contributed by atoms with Crippen molar-refractivity contribution in [3.8, 4) is 0 Å². The number of anilines is 2. The van der Waals surface area contributed by atoms with Crippen molar-refractivity contribution in [3.63, 3.8) is 0 Å². The Bertz CT molecular complexity index is 883. The third kappa shape index (κ3) is 4.26. The highest BCUT2D eigenvalue weighted by Crippen LogP contribution is 2.32. The van der Waals surface area contributed by atoms with Crippen molar-refractivity contribution >= 4 is 17.4 Å². The summed E-state index contributed by atoms with van der Waals surface area (Å²) in [5.41, 5.74) is 2.61. The quantitative estimate of drug-likeness (QED) is 0.850. The molecule has 29 heavy (non-hydrogen) atoms. The Labute approximate surface area is 171 Å². The number of ether oxygens (including phenoxy) is 2. The summed E-state index contributed by atoms with van der Waals surface area (Å²) in [6.07, 6.45) is 1.38. The summed E-state index contributed by atoms with van der Waals surface area (Å²) in [4.78, 5) is 23.8. The maximum Gasteiger partial charge on any atom is 0.272 e. The molecule has 7 heteroatoms. The van der Waals surface area contributed by atoms with Crippen LogP contribution in [0.3, 0.4) is 0 Å². The normalized spacial score (nSPS) is 18.4. The lowest BCUT2D eigenvalue weighted by Crippen LogP contribution is -2.47. The first kappa shape index (κ1) is 19.8. The molecular formula is C22H28N4O3. The van der Waals surface area contributed by atoms with Crippen molar-refractivity contribution in [1.82, 2.24) is 14.9 Å². The predicted molar refractivity (Wildman–Crippen MR) is 110 cm³/mol. The molecule has 2 aliphatic rings. The number of nitrogens with zero attached hydrogens (tertiary/aromatic N) is 3. The Hall–Kier alpha value is -2.51. The average Bonchev–Trinajstić information content (AvgIpc) is 3.16. The van der Waals surface area contributed by atoms with Crippen molar-refractivity contribution in [1.29, 1.82) is 0 Å². The molecule has 0 unspecified atom stereocenters. The van der Waals surface area contributed by atoms with Gasteiger partial charge in [-0.2, -0.15) is 0 Å². The van der Waals surface area contributed by atoms with Gasteiger partial charge in [-0.05, 0) is 24.5 Å². The van der Waals surface area contributed by atoms with Gasteiger partial charge in [0.15, 0.2) is 5.79 Å². The van der Waals surface area contributed by atoms with E-state index in [1.54, 1.807) is 6.07 Å². The number of carbonyl (C=O) groups excluding carboxylic acids is 1. The van der Waals surface area contributed by atoms with E-state index >= 15 is 0 Å². The average molecular weight is 396 g/mol. The number of aromatic nitrogens is 2. The summed E-state index contributed by atoms with van der Waals surface area (Å²) >= 11 is 0. The molecule has 7 nitrogen and oxygen atoms in total. The Morgan fingerprint density at radius 2 is 1.83 bits per heavy atom. The minimum absolute atomic E-state index is 0.0801. The van der Waals surface area contributed by atoms with E-state index in [0.29, 0.717) is 62.4 Å². The number of nitrogens with one attached hydrogen (secondary N) is 1. The van der Waals surface area contributed by atoms with Crippen molar-refractivity contribution in [3.05, 3.63) is 47.4 Å².